The molecular weight excluding hydrogens is 228 g/mol. The van der Waals surface area contributed by atoms with Crippen LogP contribution in [-0.2, 0) is 4.74 Å². The van der Waals surface area contributed by atoms with Crippen molar-refractivity contribution >= 4 is 29.1 Å². The standard InChI is InChI=1S/C11H15ClN2O2/c1-7(2)6-16-11(15)14-10-4-3-8(12)5-9(10)13/h3-5,7H,6,13H2,1-2H3,(H,14,15). The molecule has 16 heavy (non-hydrogen) atoms. The highest BCUT2D eigenvalue weighted by Gasteiger charge is 2.07. The first kappa shape index (κ1) is 12.6. The lowest BCUT2D eigenvalue weighted by molar-refractivity contribution is 0.147. The topological polar surface area (TPSA) is 64.3 Å². The largest absolute Gasteiger partial charge is 0.449 e. The van der Waals surface area contributed by atoms with Gasteiger partial charge in [-0.05, 0) is 24.1 Å². The van der Waals surface area contributed by atoms with Gasteiger partial charge in [0.25, 0.3) is 0 Å². The van der Waals surface area contributed by atoms with E-state index >= 15 is 0 Å². The number of benzene rings is 1. The van der Waals surface area contributed by atoms with Gasteiger partial charge in [0, 0.05) is 5.02 Å². The summed E-state index contributed by atoms with van der Waals surface area (Å²) < 4.78 is 4.95. The molecule has 0 aliphatic heterocycles. The maximum absolute atomic E-state index is 11.3. The van der Waals surface area contributed by atoms with Gasteiger partial charge < -0.3 is 10.5 Å². The fourth-order valence-corrected chi connectivity index (χ4v) is 1.22. The van der Waals surface area contributed by atoms with Crippen LogP contribution >= 0.6 is 11.6 Å². The highest BCUT2D eigenvalue weighted by atomic mass is 35.5. The monoisotopic (exact) mass is 242 g/mol. The van der Waals surface area contributed by atoms with Gasteiger partial charge in [0.2, 0.25) is 0 Å². The van der Waals surface area contributed by atoms with E-state index in [9.17, 15) is 4.79 Å². The molecule has 0 heterocycles. The van der Waals surface area contributed by atoms with E-state index in [0.717, 1.165) is 0 Å². The molecule has 4 nitrogen and oxygen atoms in total. The Balaban J connectivity index is 2.56. The van der Waals surface area contributed by atoms with Crippen molar-refractivity contribution in [2.45, 2.75) is 13.8 Å². The average Bonchev–Trinajstić information content (AvgIpc) is 2.19. The maximum atomic E-state index is 11.3. The molecule has 0 aromatic heterocycles. The summed E-state index contributed by atoms with van der Waals surface area (Å²) in [4.78, 5) is 11.3. The van der Waals surface area contributed by atoms with E-state index in [-0.39, 0.29) is 0 Å². The van der Waals surface area contributed by atoms with Gasteiger partial charge in [-0.25, -0.2) is 4.79 Å². The Labute approximate surface area is 99.7 Å². The molecule has 0 saturated heterocycles. The summed E-state index contributed by atoms with van der Waals surface area (Å²) >= 11 is 5.73. The highest BCUT2D eigenvalue weighted by molar-refractivity contribution is 6.31. The predicted molar refractivity (Wildman–Crippen MR) is 65.7 cm³/mol. The lowest BCUT2D eigenvalue weighted by atomic mass is 10.2. The molecule has 0 unspecified atom stereocenters. The minimum atomic E-state index is -0.511. The molecule has 0 atom stereocenters. The third kappa shape index (κ3) is 3.98. The molecule has 0 saturated carbocycles. The molecule has 1 amide bonds. The van der Waals surface area contributed by atoms with Crippen LogP contribution in [0.4, 0.5) is 16.2 Å². The Hall–Kier alpha value is -1.42. The molecular formula is C11H15ClN2O2. The van der Waals surface area contributed by atoms with Gasteiger partial charge in [0.15, 0.2) is 0 Å². The number of carbonyl (C=O) groups is 1. The predicted octanol–water partition coefficient (Wildman–Crippen LogP) is 3.13. The fraction of sp³-hybridized carbons (Fsp3) is 0.364. The van der Waals surface area contributed by atoms with Crippen molar-refractivity contribution in [2.24, 2.45) is 5.92 Å². The van der Waals surface area contributed by atoms with Crippen molar-refractivity contribution in [3.05, 3.63) is 23.2 Å². The Bertz CT molecular complexity index is 380. The number of rotatable bonds is 3. The van der Waals surface area contributed by atoms with E-state index in [1.165, 1.54) is 0 Å². The number of halogens is 1. The van der Waals surface area contributed by atoms with Gasteiger partial charge in [-0.3, -0.25) is 5.32 Å². The van der Waals surface area contributed by atoms with Crippen LogP contribution < -0.4 is 11.1 Å². The Kier molecular flexibility index (Phi) is 4.43. The van der Waals surface area contributed by atoms with Gasteiger partial charge in [-0.2, -0.15) is 0 Å². The zero-order chi connectivity index (χ0) is 12.1. The second-order valence-electron chi connectivity index (χ2n) is 3.85. The normalized spacial score (nSPS) is 10.2. The van der Waals surface area contributed by atoms with Crippen LogP contribution in [0.1, 0.15) is 13.8 Å². The number of amides is 1. The quantitative estimate of drug-likeness (QED) is 0.801. The molecule has 3 N–H and O–H groups in total. The van der Waals surface area contributed by atoms with Crippen molar-refractivity contribution in [2.75, 3.05) is 17.7 Å². The number of nitrogens with two attached hydrogens (primary N) is 1. The van der Waals surface area contributed by atoms with Gasteiger partial charge in [-0.1, -0.05) is 25.4 Å². The summed E-state index contributed by atoms with van der Waals surface area (Å²) in [6, 6.07) is 4.85. The van der Waals surface area contributed by atoms with Crippen LogP contribution in [0.25, 0.3) is 0 Å². The van der Waals surface area contributed by atoms with Gasteiger partial charge in [0.05, 0.1) is 18.0 Å². The van der Waals surface area contributed by atoms with Crippen LogP contribution in [0.15, 0.2) is 18.2 Å². The SMILES string of the molecule is CC(C)COC(=O)Nc1ccc(Cl)cc1N. The van der Waals surface area contributed by atoms with E-state index in [4.69, 9.17) is 22.1 Å². The molecule has 5 heteroatoms. The van der Waals surface area contributed by atoms with Crippen LogP contribution in [0.5, 0.6) is 0 Å². The molecule has 0 aliphatic carbocycles. The first-order valence-corrected chi connectivity index (χ1v) is 5.35. The van der Waals surface area contributed by atoms with E-state index in [1.807, 2.05) is 13.8 Å². The molecule has 0 aliphatic rings. The minimum Gasteiger partial charge on any atom is -0.449 e. The second-order valence-corrected chi connectivity index (χ2v) is 4.29. The smallest absolute Gasteiger partial charge is 0.411 e. The maximum Gasteiger partial charge on any atom is 0.411 e. The number of ether oxygens (including phenoxy) is 1. The van der Waals surface area contributed by atoms with E-state index in [0.29, 0.717) is 28.9 Å². The minimum absolute atomic E-state index is 0.299. The van der Waals surface area contributed by atoms with Crippen LogP contribution in [0, 0.1) is 5.92 Å². The Morgan fingerprint density at radius 2 is 2.25 bits per heavy atom. The van der Waals surface area contributed by atoms with Crippen LogP contribution in [0.3, 0.4) is 0 Å². The lowest BCUT2D eigenvalue weighted by Gasteiger charge is -2.10. The fourth-order valence-electron chi connectivity index (χ4n) is 1.04. The first-order chi connectivity index (χ1) is 7.49. The molecule has 0 bridgehead atoms. The van der Waals surface area contributed by atoms with Gasteiger partial charge in [0.1, 0.15) is 0 Å². The summed E-state index contributed by atoms with van der Waals surface area (Å²) in [5.74, 6) is 0.299. The first-order valence-electron chi connectivity index (χ1n) is 4.98. The lowest BCUT2D eigenvalue weighted by Crippen LogP contribution is -2.17. The van der Waals surface area contributed by atoms with Crippen molar-refractivity contribution in [3.8, 4) is 0 Å². The highest BCUT2D eigenvalue weighted by Crippen LogP contribution is 2.22. The summed E-state index contributed by atoms with van der Waals surface area (Å²) in [7, 11) is 0. The van der Waals surface area contributed by atoms with Crippen molar-refractivity contribution in [3.63, 3.8) is 0 Å². The zero-order valence-electron chi connectivity index (χ0n) is 9.29. The van der Waals surface area contributed by atoms with E-state index < -0.39 is 6.09 Å². The molecule has 88 valence electrons. The average molecular weight is 243 g/mol. The number of hydrogen-bond acceptors (Lipinski definition) is 3. The van der Waals surface area contributed by atoms with Crippen LogP contribution in [-0.4, -0.2) is 12.7 Å². The number of nitrogen functional groups attached to an aromatic ring is 1. The number of anilines is 2. The molecule has 0 spiro atoms. The molecule has 1 rings (SSSR count). The number of carbonyl (C=O) groups excluding carboxylic acids is 1. The molecule has 1 aromatic rings. The summed E-state index contributed by atoms with van der Waals surface area (Å²) in [6.07, 6.45) is -0.511. The Morgan fingerprint density at radius 1 is 1.56 bits per heavy atom. The van der Waals surface area contributed by atoms with Gasteiger partial charge >= 0.3 is 6.09 Å². The third-order valence-electron chi connectivity index (χ3n) is 1.80. The zero-order valence-corrected chi connectivity index (χ0v) is 10.0. The molecule has 1 aromatic carbocycles. The number of hydrogen-bond donors (Lipinski definition) is 2. The van der Waals surface area contributed by atoms with E-state index in [2.05, 4.69) is 5.32 Å². The van der Waals surface area contributed by atoms with Crippen molar-refractivity contribution in [1.29, 1.82) is 0 Å². The summed E-state index contributed by atoms with van der Waals surface area (Å²) in [5, 5.41) is 3.07. The molecule has 0 radical (unpaired) electrons. The van der Waals surface area contributed by atoms with Gasteiger partial charge in [-0.15, -0.1) is 0 Å². The second kappa shape index (κ2) is 5.61. The van der Waals surface area contributed by atoms with E-state index in [1.54, 1.807) is 18.2 Å². The third-order valence-corrected chi connectivity index (χ3v) is 2.03. The summed E-state index contributed by atoms with van der Waals surface area (Å²) in [6.45, 7) is 4.30. The van der Waals surface area contributed by atoms with Crippen LogP contribution in [0.2, 0.25) is 5.02 Å². The van der Waals surface area contributed by atoms with Crippen molar-refractivity contribution in [1.82, 2.24) is 0 Å². The molecule has 0 fully saturated rings. The van der Waals surface area contributed by atoms with Crippen molar-refractivity contribution < 1.29 is 9.53 Å². The number of nitrogens with one attached hydrogen (secondary N) is 1. The summed E-state index contributed by atoms with van der Waals surface area (Å²) in [5.41, 5.74) is 6.58. The Morgan fingerprint density at radius 3 is 2.81 bits per heavy atom.